The van der Waals surface area contributed by atoms with Gasteiger partial charge in [-0.05, 0) is 56.7 Å². The van der Waals surface area contributed by atoms with E-state index < -0.39 is 5.97 Å². The Morgan fingerprint density at radius 3 is 2.71 bits per heavy atom. The summed E-state index contributed by atoms with van der Waals surface area (Å²) in [5.74, 6) is 0.727. The van der Waals surface area contributed by atoms with E-state index in [-0.39, 0.29) is 6.61 Å². The quantitative estimate of drug-likeness (QED) is 0.625. The Balaban J connectivity index is 1.76. The first-order valence-corrected chi connectivity index (χ1v) is 7.81. The van der Waals surface area contributed by atoms with Crippen molar-refractivity contribution in [2.24, 2.45) is 0 Å². The third-order valence-electron chi connectivity index (χ3n) is 3.24. The number of hydrogen-bond donors (Lipinski definition) is 0. The summed E-state index contributed by atoms with van der Waals surface area (Å²) in [6.45, 7) is 0.179. The van der Waals surface area contributed by atoms with E-state index in [0.29, 0.717) is 21.6 Å². The number of esters is 1. The maximum Gasteiger partial charge on any atom is 0.337 e. The fraction of sp³-hybridized carbons (Fsp3) is 0.125. The molecule has 0 radical (unpaired) electrons. The number of rotatable bonds is 5. The number of halogens is 1. The number of nitrogens with zero attached hydrogens (tertiary/aromatic N) is 4. The topological polar surface area (TPSA) is 79.1 Å². The third-order valence-corrected chi connectivity index (χ3v) is 3.86. The van der Waals surface area contributed by atoms with Crippen molar-refractivity contribution in [3.8, 4) is 11.4 Å². The second-order valence-corrected chi connectivity index (χ2v) is 5.62. The van der Waals surface area contributed by atoms with Crippen molar-refractivity contribution < 1.29 is 14.3 Å². The molecule has 0 saturated carbocycles. The molecule has 0 spiro atoms. The number of carbonyl (C=O) groups excluding carboxylic acids is 1. The number of benzene rings is 2. The van der Waals surface area contributed by atoms with Crippen molar-refractivity contribution in [2.75, 3.05) is 7.11 Å². The third kappa shape index (κ3) is 3.43. The Kier molecular flexibility index (Phi) is 4.85. The van der Waals surface area contributed by atoms with Crippen molar-refractivity contribution in [3.63, 3.8) is 0 Å². The molecule has 0 unspecified atom stereocenters. The van der Waals surface area contributed by atoms with Crippen molar-refractivity contribution in [3.05, 3.63) is 64.4 Å². The Labute approximate surface area is 146 Å². The molecule has 0 fully saturated rings. The summed E-state index contributed by atoms with van der Waals surface area (Å²) in [4.78, 5) is 11.5. The van der Waals surface area contributed by atoms with Crippen LogP contribution in [0.2, 0.25) is 0 Å². The molecule has 0 aliphatic heterocycles. The summed E-state index contributed by atoms with van der Waals surface area (Å²) in [6.07, 6.45) is 0. The van der Waals surface area contributed by atoms with Crippen LogP contribution < -0.4 is 4.74 Å². The predicted octanol–water partition coefficient (Wildman–Crippen LogP) is 2.79. The van der Waals surface area contributed by atoms with Gasteiger partial charge in [0, 0.05) is 0 Å². The zero-order valence-electron chi connectivity index (χ0n) is 12.7. The fourth-order valence-corrected chi connectivity index (χ4v) is 2.56. The minimum Gasteiger partial charge on any atom is -0.484 e. The number of aromatic nitrogens is 4. The van der Waals surface area contributed by atoms with E-state index >= 15 is 0 Å². The zero-order valence-corrected chi connectivity index (χ0v) is 14.3. The lowest BCUT2D eigenvalue weighted by Gasteiger charge is -2.09. The van der Waals surface area contributed by atoms with Gasteiger partial charge in [-0.3, -0.25) is 0 Å². The molecule has 1 aromatic heterocycles. The molecule has 122 valence electrons. The van der Waals surface area contributed by atoms with Crippen molar-refractivity contribution in [1.82, 2.24) is 20.2 Å². The number of carbonyl (C=O) groups is 1. The monoisotopic (exact) mass is 388 g/mol. The highest BCUT2D eigenvalue weighted by molar-refractivity contribution is 9.10. The van der Waals surface area contributed by atoms with Gasteiger partial charge in [-0.2, -0.15) is 4.68 Å². The highest BCUT2D eigenvalue weighted by Crippen LogP contribution is 2.27. The maximum atomic E-state index is 11.5. The standard InChI is InChI=1S/C16H13BrN4O3/c1-23-16(22)11-7-8-14(13(17)9-11)24-10-15-18-19-20-21(15)12-5-3-2-4-6-12/h2-9H,10H2,1H3. The van der Waals surface area contributed by atoms with Crippen LogP contribution in [0.4, 0.5) is 0 Å². The van der Waals surface area contributed by atoms with Gasteiger partial charge in [-0.25, -0.2) is 4.79 Å². The molecule has 24 heavy (non-hydrogen) atoms. The number of methoxy groups -OCH3 is 1. The van der Waals surface area contributed by atoms with E-state index in [2.05, 4.69) is 36.2 Å². The van der Waals surface area contributed by atoms with Gasteiger partial charge in [0.05, 0.1) is 22.8 Å². The van der Waals surface area contributed by atoms with Gasteiger partial charge in [0.25, 0.3) is 0 Å². The number of para-hydroxylation sites is 1. The average Bonchev–Trinajstić information content (AvgIpc) is 3.09. The van der Waals surface area contributed by atoms with Gasteiger partial charge in [0.1, 0.15) is 12.4 Å². The van der Waals surface area contributed by atoms with Crippen LogP contribution in [0.1, 0.15) is 16.2 Å². The maximum absolute atomic E-state index is 11.5. The SMILES string of the molecule is COC(=O)c1ccc(OCc2nnnn2-c2ccccc2)c(Br)c1. The Hall–Kier alpha value is -2.74. The highest BCUT2D eigenvalue weighted by Gasteiger charge is 2.12. The molecule has 8 heteroatoms. The summed E-state index contributed by atoms with van der Waals surface area (Å²) >= 11 is 3.38. The number of ether oxygens (including phenoxy) is 2. The molecule has 1 heterocycles. The van der Waals surface area contributed by atoms with Gasteiger partial charge in [0.2, 0.25) is 0 Å². The van der Waals surface area contributed by atoms with Crippen LogP contribution >= 0.6 is 15.9 Å². The van der Waals surface area contributed by atoms with Crippen LogP contribution in [0, 0.1) is 0 Å². The highest BCUT2D eigenvalue weighted by atomic mass is 79.9. The molecular weight excluding hydrogens is 376 g/mol. The normalized spacial score (nSPS) is 10.4. The molecule has 0 saturated heterocycles. The molecular formula is C16H13BrN4O3. The molecule has 2 aromatic carbocycles. The number of hydrogen-bond acceptors (Lipinski definition) is 6. The van der Waals surface area contributed by atoms with Gasteiger partial charge in [0.15, 0.2) is 5.82 Å². The Morgan fingerprint density at radius 2 is 2.00 bits per heavy atom. The lowest BCUT2D eigenvalue weighted by Crippen LogP contribution is -2.07. The second kappa shape index (κ2) is 7.22. The smallest absolute Gasteiger partial charge is 0.337 e. The summed E-state index contributed by atoms with van der Waals surface area (Å²) in [5.41, 5.74) is 1.28. The molecule has 0 atom stereocenters. The van der Waals surface area contributed by atoms with E-state index in [1.165, 1.54) is 7.11 Å². The molecule has 0 bridgehead atoms. The molecule has 0 N–H and O–H groups in total. The van der Waals surface area contributed by atoms with E-state index in [0.717, 1.165) is 5.69 Å². The molecule has 3 rings (SSSR count). The predicted molar refractivity (Wildman–Crippen MR) is 89.0 cm³/mol. The zero-order chi connectivity index (χ0) is 16.9. The summed E-state index contributed by atoms with van der Waals surface area (Å²) in [5, 5.41) is 11.6. The first-order valence-electron chi connectivity index (χ1n) is 7.02. The number of tetrazole rings is 1. The summed E-state index contributed by atoms with van der Waals surface area (Å²) in [6, 6.07) is 14.5. The molecule has 0 amide bonds. The van der Waals surface area contributed by atoms with E-state index in [4.69, 9.17) is 4.74 Å². The summed E-state index contributed by atoms with van der Waals surface area (Å²) < 4.78 is 12.7. The second-order valence-electron chi connectivity index (χ2n) is 4.77. The minimum absolute atomic E-state index is 0.179. The van der Waals surface area contributed by atoms with Gasteiger partial charge in [-0.1, -0.05) is 18.2 Å². The molecule has 0 aliphatic rings. The Morgan fingerprint density at radius 1 is 1.21 bits per heavy atom. The minimum atomic E-state index is -0.407. The first kappa shape index (κ1) is 16.1. The lowest BCUT2D eigenvalue weighted by molar-refractivity contribution is 0.0600. The Bertz CT molecular complexity index is 852. The first-order chi connectivity index (χ1) is 11.7. The summed E-state index contributed by atoms with van der Waals surface area (Å²) in [7, 11) is 1.34. The van der Waals surface area contributed by atoms with Crippen LogP contribution in [-0.4, -0.2) is 33.3 Å². The van der Waals surface area contributed by atoms with E-state index in [1.54, 1.807) is 22.9 Å². The van der Waals surface area contributed by atoms with Crippen LogP contribution in [0.3, 0.4) is 0 Å². The van der Waals surface area contributed by atoms with Crippen LogP contribution in [-0.2, 0) is 11.3 Å². The van der Waals surface area contributed by atoms with Crippen molar-refractivity contribution >= 4 is 21.9 Å². The van der Waals surface area contributed by atoms with E-state index in [1.807, 2.05) is 30.3 Å². The van der Waals surface area contributed by atoms with Crippen LogP contribution in [0.5, 0.6) is 5.75 Å². The van der Waals surface area contributed by atoms with Crippen molar-refractivity contribution in [2.45, 2.75) is 6.61 Å². The molecule has 7 nitrogen and oxygen atoms in total. The fourth-order valence-electron chi connectivity index (χ4n) is 2.07. The van der Waals surface area contributed by atoms with Gasteiger partial charge in [-0.15, -0.1) is 5.10 Å². The average molecular weight is 389 g/mol. The van der Waals surface area contributed by atoms with Crippen LogP contribution in [0.15, 0.2) is 53.0 Å². The molecule has 3 aromatic rings. The van der Waals surface area contributed by atoms with Crippen molar-refractivity contribution in [1.29, 1.82) is 0 Å². The molecule has 0 aliphatic carbocycles. The van der Waals surface area contributed by atoms with E-state index in [9.17, 15) is 4.79 Å². The largest absolute Gasteiger partial charge is 0.484 e. The van der Waals surface area contributed by atoms with Gasteiger partial charge >= 0.3 is 5.97 Å². The van der Waals surface area contributed by atoms with Crippen LogP contribution in [0.25, 0.3) is 5.69 Å². The van der Waals surface area contributed by atoms with Gasteiger partial charge < -0.3 is 9.47 Å². The lowest BCUT2D eigenvalue weighted by atomic mass is 10.2.